The summed E-state index contributed by atoms with van der Waals surface area (Å²) in [5, 5.41) is 18.1. The third-order valence-corrected chi connectivity index (χ3v) is 4.71. The van der Waals surface area contributed by atoms with Crippen molar-refractivity contribution in [2.24, 2.45) is 0 Å². The van der Waals surface area contributed by atoms with Crippen LogP contribution in [0.25, 0.3) is 5.69 Å². The summed E-state index contributed by atoms with van der Waals surface area (Å²) in [4.78, 5) is 1.38. The Hall–Kier alpha value is -1.57. The molecular formula is C15H22N5OS+. The Morgan fingerprint density at radius 1 is 1.23 bits per heavy atom. The number of piperidine rings is 1. The highest BCUT2D eigenvalue weighted by Gasteiger charge is 2.21. The SMILES string of the molecule is Cc1cccc(C)c1-n1nnn(C[NH+]2CCC(O)CC2)c1=S. The van der Waals surface area contributed by atoms with Crippen LogP contribution in [-0.4, -0.2) is 44.1 Å². The maximum absolute atomic E-state index is 9.59. The number of rotatable bonds is 3. The summed E-state index contributed by atoms with van der Waals surface area (Å²) in [7, 11) is 0. The molecule has 0 unspecified atom stereocenters. The van der Waals surface area contributed by atoms with Crippen molar-refractivity contribution in [1.29, 1.82) is 0 Å². The number of quaternary nitrogens is 1. The van der Waals surface area contributed by atoms with Crippen molar-refractivity contribution in [2.45, 2.75) is 39.5 Å². The molecule has 1 aromatic heterocycles. The fourth-order valence-electron chi connectivity index (χ4n) is 3.03. The van der Waals surface area contributed by atoms with Crippen LogP contribution in [0.3, 0.4) is 0 Å². The van der Waals surface area contributed by atoms with Crippen LogP contribution in [0, 0.1) is 18.6 Å². The topological polar surface area (TPSA) is 60.3 Å². The Balaban J connectivity index is 1.85. The molecule has 2 aromatic rings. The van der Waals surface area contributed by atoms with Gasteiger partial charge < -0.3 is 10.0 Å². The van der Waals surface area contributed by atoms with Gasteiger partial charge in [0.05, 0.1) is 24.9 Å². The molecule has 1 saturated heterocycles. The number of likely N-dealkylation sites (tertiary alicyclic amines) is 1. The molecule has 0 aliphatic carbocycles. The van der Waals surface area contributed by atoms with Gasteiger partial charge in [0, 0.05) is 12.8 Å². The molecule has 0 spiro atoms. The lowest BCUT2D eigenvalue weighted by Gasteiger charge is -2.25. The molecule has 1 aliphatic heterocycles. The first-order chi connectivity index (χ1) is 10.6. The highest BCUT2D eigenvalue weighted by Crippen LogP contribution is 2.17. The predicted octanol–water partition coefficient (Wildman–Crippen LogP) is 0.412. The summed E-state index contributed by atoms with van der Waals surface area (Å²) in [5.41, 5.74) is 3.29. The summed E-state index contributed by atoms with van der Waals surface area (Å²) in [6.45, 7) is 6.70. The third kappa shape index (κ3) is 2.97. The molecule has 0 atom stereocenters. The van der Waals surface area contributed by atoms with E-state index in [0.717, 1.165) is 42.7 Å². The highest BCUT2D eigenvalue weighted by atomic mass is 32.1. The standard InChI is InChI=1S/C15H21N5OS/c1-11-4-3-5-12(2)14(11)20-15(22)19(16-17-20)10-18-8-6-13(21)7-9-18/h3-5,13,21H,6-10H2,1-2H3/p+1. The summed E-state index contributed by atoms with van der Waals surface area (Å²) in [6, 6.07) is 6.15. The number of para-hydroxylation sites is 1. The second-order valence-electron chi connectivity index (χ2n) is 6.05. The quantitative estimate of drug-likeness (QED) is 0.805. The molecule has 7 heteroatoms. The van der Waals surface area contributed by atoms with Gasteiger partial charge >= 0.3 is 0 Å². The van der Waals surface area contributed by atoms with Gasteiger partial charge in [0.2, 0.25) is 4.77 Å². The van der Waals surface area contributed by atoms with E-state index >= 15 is 0 Å². The third-order valence-electron chi connectivity index (χ3n) is 4.33. The number of hydrogen-bond donors (Lipinski definition) is 2. The Kier molecular flexibility index (Phi) is 4.37. The molecule has 1 aromatic carbocycles. The number of benzene rings is 1. The van der Waals surface area contributed by atoms with Gasteiger partial charge in [-0.2, -0.15) is 9.36 Å². The first kappa shape index (κ1) is 15.3. The molecule has 22 heavy (non-hydrogen) atoms. The van der Waals surface area contributed by atoms with Crippen molar-refractivity contribution < 1.29 is 10.0 Å². The molecule has 1 fully saturated rings. The average molecular weight is 320 g/mol. The minimum atomic E-state index is -0.151. The minimum absolute atomic E-state index is 0.151. The Labute approximate surface area is 135 Å². The number of aliphatic hydroxyl groups excluding tert-OH is 1. The number of aromatic nitrogens is 4. The van der Waals surface area contributed by atoms with Crippen LogP contribution in [0.15, 0.2) is 18.2 Å². The first-order valence-corrected chi connectivity index (χ1v) is 8.08. The number of aryl methyl sites for hydroxylation is 2. The summed E-state index contributed by atoms with van der Waals surface area (Å²) < 4.78 is 4.16. The van der Waals surface area contributed by atoms with E-state index in [1.807, 2.05) is 6.07 Å². The van der Waals surface area contributed by atoms with E-state index in [0.29, 0.717) is 11.4 Å². The molecule has 0 saturated carbocycles. The van der Waals surface area contributed by atoms with Crippen molar-refractivity contribution in [1.82, 2.24) is 19.8 Å². The van der Waals surface area contributed by atoms with Crippen LogP contribution in [0.4, 0.5) is 0 Å². The van der Waals surface area contributed by atoms with Crippen LogP contribution < -0.4 is 4.90 Å². The lowest BCUT2D eigenvalue weighted by atomic mass is 10.1. The van der Waals surface area contributed by atoms with Crippen molar-refractivity contribution in [3.05, 3.63) is 34.1 Å². The summed E-state index contributed by atoms with van der Waals surface area (Å²) in [5.74, 6) is 0. The first-order valence-electron chi connectivity index (χ1n) is 7.67. The van der Waals surface area contributed by atoms with Gasteiger partial charge in [-0.25, -0.2) is 0 Å². The molecule has 0 amide bonds. The minimum Gasteiger partial charge on any atom is -0.393 e. The van der Waals surface area contributed by atoms with Gasteiger partial charge in [-0.05, 0) is 47.6 Å². The monoisotopic (exact) mass is 320 g/mol. The van der Waals surface area contributed by atoms with E-state index in [1.165, 1.54) is 4.90 Å². The van der Waals surface area contributed by atoms with Gasteiger partial charge in [0.25, 0.3) is 0 Å². The molecule has 6 nitrogen and oxygen atoms in total. The van der Waals surface area contributed by atoms with E-state index in [4.69, 9.17) is 12.2 Å². The predicted molar refractivity (Wildman–Crippen MR) is 85.6 cm³/mol. The Morgan fingerprint density at radius 2 is 1.86 bits per heavy atom. The van der Waals surface area contributed by atoms with Crippen molar-refractivity contribution in [3.63, 3.8) is 0 Å². The molecule has 0 radical (unpaired) electrons. The van der Waals surface area contributed by atoms with E-state index in [2.05, 4.69) is 36.4 Å². The average Bonchev–Trinajstić information content (AvgIpc) is 2.83. The maximum atomic E-state index is 9.59. The van der Waals surface area contributed by atoms with Gasteiger partial charge in [-0.1, -0.05) is 18.2 Å². The zero-order valence-corrected chi connectivity index (χ0v) is 13.8. The van der Waals surface area contributed by atoms with Crippen LogP contribution in [0.5, 0.6) is 0 Å². The molecule has 2 N–H and O–H groups in total. The fraction of sp³-hybridized carbons (Fsp3) is 0.533. The van der Waals surface area contributed by atoms with Crippen LogP contribution in [0.2, 0.25) is 0 Å². The van der Waals surface area contributed by atoms with E-state index in [1.54, 1.807) is 9.36 Å². The van der Waals surface area contributed by atoms with Crippen molar-refractivity contribution in [2.75, 3.05) is 13.1 Å². The van der Waals surface area contributed by atoms with Gasteiger partial charge in [0.15, 0.2) is 6.67 Å². The number of tetrazole rings is 1. The molecule has 1 aliphatic rings. The van der Waals surface area contributed by atoms with Crippen LogP contribution >= 0.6 is 12.2 Å². The molecule has 3 rings (SSSR count). The largest absolute Gasteiger partial charge is 0.393 e. The number of nitrogens with zero attached hydrogens (tertiary/aromatic N) is 4. The van der Waals surface area contributed by atoms with Gasteiger partial charge in [-0.3, -0.25) is 0 Å². The summed E-state index contributed by atoms with van der Waals surface area (Å²) in [6.07, 6.45) is 1.53. The molecule has 2 heterocycles. The number of nitrogens with one attached hydrogen (secondary N) is 1. The second-order valence-corrected chi connectivity index (χ2v) is 6.42. The van der Waals surface area contributed by atoms with E-state index < -0.39 is 0 Å². The van der Waals surface area contributed by atoms with E-state index in [-0.39, 0.29) is 6.10 Å². The maximum Gasteiger partial charge on any atom is 0.225 e. The van der Waals surface area contributed by atoms with Crippen LogP contribution in [-0.2, 0) is 6.67 Å². The second kappa shape index (κ2) is 6.28. The van der Waals surface area contributed by atoms with Crippen LogP contribution in [0.1, 0.15) is 24.0 Å². The Bertz CT molecular complexity index is 695. The van der Waals surface area contributed by atoms with E-state index in [9.17, 15) is 5.11 Å². The smallest absolute Gasteiger partial charge is 0.225 e. The summed E-state index contributed by atoms with van der Waals surface area (Å²) >= 11 is 5.56. The van der Waals surface area contributed by atoms with Crippen molar-refractivity contribution >= 4 is 12.2 Å². The fourth-order valence-corrected chi connectivity index (χ4v) is 3.26. The molecule has 118 valence electrons. The zero-order chi connectivity index (χ0) is 15.7. The van der Waals surface area contributed by atoms with Gasteiger partial charge in [-0.15, -0.1) is 0 Å². The molecular weight excluding hydrogens is 298 g/mol. The molecule has 0 bridgehead atoms. The van der Waals surface area contributed by atoms with Gasteiger partial charge in [0.1, 0.15) is 0 Å². The highest BCUT2D eigenvalue weighted by molar-refractivity contribution is 7.71. The van der Waals surface area contributed by atoms with Crippen molar-refractivity contribution in [3.8, 4) is 5.69 Å². The number of hydrogen-bond acceptors (Lipinski definition) is 4. The lowest BCUT2D eigenvalue weighted by molar-refractivity contribution is -0.929. The number of aliphatic hydroxyl groups is 1. The zero-order valence-electron chi connectivity index (χ0n) is 13.0. The Morgan fingerprint density at radius 3 is 2.50 bits per heavy atom. The normalized spacial score (nSPS) is 22.0. The lowest BCUT2D eigenvalue weighted by Crippen LogP contribution is -3.12.